The number of hydrogen-bond donors (Lipinski definition) is 3. The number of imidazole rings is 1. The molecule has 0 amide bonds. The van der Waals surface area contributed by atoms with E-state index in [1.54, 1.807) is 6.20 Å². The average molecular weight is 366 g/mol. The lowest BCUT2D eigenvalue weighted by molar-refractivity contribution is -0.139. The van der Waals surface area contributed by atoms with Crippen molar-refractivity contribution in [1.82, 2.24) is 15.3 Å². The topological polar surface area (TPSA) is 78.0 Å². The maximum absolute atomic E-state index is 11.2. The van der Waals surface area contributed by atoms with E-state index >= 15 is 0 Å². The molecule has 5 nitrogen and oxygen atoms in total. The zero-order valence-electron chi connectivity index (χ0n) is 12.5. The minimum absolute atomic E-state index is 0.414. The molecule has 1 heterocycles. The van der Waals surface area contributed by atoms with Crippen LogP contribution in [0, 0.1) is 0 Å². The SMILES string of the molecule is CCCC[C@H](NCc1ncc(-c2ccc(Br)cc2)[nH]1)C(=O)O. The predicted molar refractivity (Wildman–Crippen MR) is 89.5 cm³/mol. The molecule has 2 rings (SSSR count). The maximum atomic E-state index is 11.2. The van der Waals surface area contributed by atoms with Crippen molar-refractivity contribution >= 4 is 21.9 Å². The van der Waals surface area contributed by atoms with Gasteiger partial charge in [-0.2, -0.15) is 0 Å². The summed E-state index contributed by atoms with van der Waals surface area (Å²) >= 11 is 3.41. The van der Waals surface area contributed by atoms with E-state index in [0.717, 1.165) is 34.4 Å². The Balaban J connectivity index is 1.96. The highest BCUT2D eigenvalue weighted by Gasteiger charge is 2.16. The van der Waals surface area contributed by atoms with E-state index in [9.17, 15) is 9.90 Å². The molecule has 3 N–H and O–H groups in total. The third-order valence-electron chi connectivity index (χ3n) is 3.44. The van der Waals surface area contributed by atoms with Crippen molar-refractivity contribution in [1.29, 1.82) is 0 Å². The third-order valence-corrected chi connectivity index (χ3v) is 3.97. The van der Waals surface area contributed by atoms with E-state index in [1.807, 2.05) is 24.3 Å². The standard InChI is InChI=1S/C16H20BrN3O2/c1-2-3-4-13(16(21)22)18-10-15-19-9-14(20-15)11-5-7-12(17)8-6-11/h5-9,13,18H,2-4,10H2,1H3,(H,19,20)(H,21,22)/t13-/m0/s1. The van der Waals surface area contributed by atoms with Crippen molar-refractivity contribution in [2.45, 2.75) is 38.8 Å². The van der Waals surface area contributed by atoms with Crippen LogP contribution in [0.15, 0.2) is 34.9 Å². The van der Waals surface area contributed by atoms with Gasteiger partial charge >= 0.3 is 5.97 Å². The number of hydrogen-bond acceptors (Lipinski definition) is 3. The molecule has 0 saturated heterocycles. The molecular weight excluding hydrogens is 346 g/mol. The molecule has 2 aromatic rings. The molecule has 0 radical (unpaired) electrons. The first kappa shape index (κ1) is 16.7. The quantitative estimate of drug-likeness (QED) is 0.668. The minimum Gasteiger partial charge on any atom is -0.480 e. The molecule has 0 bridgehead atoms. The molecule has 0 saturated carbocycles. The highest BCUT2D eigenvalue weighted by Crippen LogP contribution is 2.19. The largest absolute Gasteiger partial charge is 0.480 e. The number of aliphatic carboxylic acids is 1. The Morgan fingerprint density at radius 2 is 2.14 bits per heavy atom. The van der Waals surface area contributed by atoms with Crippen LogP contribution in [0.1, 0.15) is 32.0 Å². The number of nitrogens with one attached hydrogen (secondary N) is 2. The monoisotopic (exact) mass is 365 g/mol. The van der Waals surface area contributed by atoms with Crippen LogP contribution >= 0.6 is 15.9 Å². The molecule has 0 fully saturated rings. The van der Waals surface area contributed by atoms with Crippen LogP contribution < -0.4 is 5.32 Å². The number of aromatic nitrogens is 2. The number of unbranched alkanes of at least 4 members (excludes halogenated alkanes) is 1. The predicted octanol–water partition coefficient (Wildman–Crippen LogP) is 3.57. The Morgan fingerprint density at radius 3 is 2.77 bits per heavy atom. The summed E-state index contributed by atoms with van der Waals surface area (Å²) in [6.45, 7) is 2.47. The van der Waals surface area contributed by atoms with Gasteiger partial charge in [0.2, 0.25) is 0 Å². The molecule has 1 aromatic carbocycles. The zero-order valence-corrected chi connectivity index (χ0v) is 14.1. The second-order valence-corrected chi connectivity index (χ2v) is 6.08. The molecule has 1 atom stereocenters. The van der Waals surface area contributed by atoms with E-state index in [2.05, 4.69) is 38.1 Å². The van der Waals surface area contributed by atoms with E-state index in [-0.39, 0.29) is 0 Å². The number of H-pyrrole nitrogens is 1. The van der Waals surface area contributed by atoms with Crippen LogP contribution in [-0.2, 0) is 11.3 Å². The molecule has 22 heavy (non-hydrogen) atoms. The van der Waals surface area contributed by atoms with Crippen LogP contribution in [0.4, 0.5) is 0 Å². The van der Waals surface area contributed by atoms with Crippen molar-refractivity contribution in [3.05, 3.63) is 40.8 Å². The number of carboxylic acids is 1. The smallest absolute Gasteiger partial charge is 0.320 e. The Hall–Kier alpha value is -1.66. The van der Waals surface area contributed by atoms with Crippen LogP contribution in [-0.4, -0.2) is 27.1 Å². The Morgan fingerprint density at radius 1 is 1.41 bits per heavy atom. The number of aromatic amines is 1. The number of nitrogens with zero attached hydrogens (tertiary/aromatic N) is 1. The van der Waals surface area contributed by atoms with Crippen LogP contribution in [0.2, 0.25) is 0 Å². The number of rotatable bonds is 8. The first-order valence-corrected chi connectivity index (χ1v) is 8.15. The van der Waals surface area contributed by atoms with Gasteiger partial charge in [0.1, 0.15) is 11.9 Å². The summed E-state index contributed by atoms with van der Waals surface area (Å²) in [7, 11) is 0. The van der Waals surface area contributed by atoms with Crippen molar-refractivity contribution in [3.8, 4) is 11.3 Å². The molecule has 0 aliphatic heterocycles. The lowest BCUT2D eigenvalue weighted by atomic mass is 10.1. The van der Waals surface area contributed by atoms with Crippen molar-refractivity contribution < 1.29 is 9.90 Å². The first-order valence-electron chi connectivity index (χ1n) is 7.36. The summed E-state index contributed by atoms with van der Waals surface area (Å²) in [5, 5.41) is 12.2. The van der Waals surface area contributed by atoms with Crippen LogP contribution in [0.3, 0.4) is 0 Å². The van der Waals surface area contributed by atoms with Gasteiger partial charge in [0.25, 0.3) is 0 Å². The van der Waals surface area contributed by atoms with Crippen LogP contribution in [0.5, 0.6) is 0 Å². The number of benzene rings is 1. The van der Waals surface area contributed by atoms with Gasteiger partial charge in [-0.25, -0.2) is 4.98 Å². The normalized spacial score (nSPS) is 12.3. The second-order valence-electron chi connectivity index (χ2n) is 5.16. The molecule has 6 heteroatoms. The highest BCUT2D eigenvalue weighted by molar-refractivity contribution is 9.10. The number of carbonyl (C=O) groups is 1. The third kappa shape index (κ3) is 4.68. The summed E-state index contributed by atoms with van der Waals surface area (Å²) < 4.78 is 1.03. The average Bonchev–Trinajstić information content (AvgIpc) is 2.96. The number of halogens is 1. The van der Waals surface area contributed by atoms with E-state index < -0.39 is 12.0 Å². The van der Waals surface area contributed by atoms with Gasteiger partial charge in [-0.3, -0.25) is 10.1 Å². The second kappa shape index (κ2) is 8.10. The maximum Gasteiger partial charge on any atom is 0.320 e. The molecule has 0 spiro atoms. The van der Waals surface area contributed by atoms with E-state index in [1.165, 1.54) is 0 Å². The zero-order chi connectivity index (χ0) is 15.9. The Kier molecular flexibility index (Phi) is 6.15. The fourth-order valence-electron chi connectivity index (χ4n) is 2.17. The molecule has 1 aromatic heterocycles. The molecule has 118 valence electrons. The van der Waals surface area contributed by atoms with Gasteiger partial charge < -0.3 is 10.1 Å². The van der Waals surface area contributed by atoms with E-state index in [0.29, 0.717) is 13.0 Å². The van der Waals surface area contributed by atoms with Gasteiger partial charge in [-0.05, 0) is 24.1 Å². The fraction of sp³-hybridized carbons (Fsp3) is 0.375. The first-order chi connectivity index (χ1) is 10.6. The lowest BCUT2D eigenvalue weighted by Crippen LogP contribution is -2.36. The van der Waals surface area contributed by atoms with Gasteiger partial charge in [-0.15, -0.1) is 0 Å². The van der Waals surface area contributed by atoms with Gasteiger partial charge in [0.15, 0.2) is 0 Å². The van der Waals surface area contributed by atoms with Crippen LogP contribution in [0.25, 0.3) is 11.3 Å². The minimum atomic E-state index is -0.812. The van der Waals surface area contributed by atoms with Crippen molar-refractivity contribution in [3.63, 3.8) is 0 Å². The summed E-state index contributed by atoms with van der Waals surface area (Å²) in [5.41, 5.74) is 1.97. The lowest BCUT2D eigenvalue weighted by Gasteiger charge is -2.12. The highest BCUT2D eigenvalue weighted by atomic mass is 79.9. The molecular formula is C16H20BrN3O2. The summed E-state index contributed by atoms with van der Waals surface area (Å²) in [6, 6.07) is 7.41. The van der Waals surface area contributed by atoms with Crippen molar-refractivity contribution in [2.24, 2.45) is 0 Å². The van der Waals surface area contributed by atoms with Gasteiger partial charge in [0, 0.05) is 4.47 Å². The molecule has 0 aliphatic rings. The Bertz CT molecular complexity index is 610. The fourth-order valence-corrected chi connectivity index (χ4v) is 2.43. The number of carboxylic acid groups (broad SMARTS) is 1. The van der Waals surface area contributed by atoms with Gasteiger partial charge in [0.05, 0.1) is 18.4 Å². The molecule has 0 unspecified atom stereocenters. The summed E-state index contributed by atoms with van der Waals surface area (Å²) in [4.78, 5) is 18.7. The summed E-state index contributed by atoms with van der Waals surface area (Å²) in [6.07, 6.45) is 4.28. The summed E-state index contributed by atoms with van der Waals surface area (Å²) in [5.74, 6) is -0.0752. The Labute approximate surface area is 138 Å². The molecule has 0 aliphatic carbocycles. The van der Waals surface area contributed by atoms with E-state index in [4.69, 9.17) is 0 Å². The van der Waals surface area contributed by atoms with Crippen molar-refractivity contribution in [2.75, 3.05) is 0 Å². The van der Waals surface area contributed by atoms with Gasteiger partial charge in [-0.1, -0.05) is 47.8 Å².